The second kappa shape index (κ2) is 10.6. The monoisotopic (exact) mass is 541 g/mol. The molecule has 198 valence electrons. The molecule has 0 aliphatic heterocycles. The number of nitrogens with zero attached hydrogens (tertiary/aromatic N) is 4. The molecule has 0 spiro atoms. The van der Waals surface area contributed by atoms with Gasteiger partial charge in [-0.05, 0) is 29.2 Å². The summed E-state index contributed by atoms with van der Waals surface area (Å²) in [5, 5.41) is 17.9. The van der Waals surface area contributed by atoms with Gasteiger partial charge in [0.25, 0.3) is 5.91 Å². The predicted molar refractivity (Wildman–Crippen MR) is 136 cm³/mol. The minimum atomic E-state index is -0.981. The van der Waals surface area contributed by atoms with Gasteiger partial charge in [-0.25, -0.2) is 4.39 Å². The number of primary amides is 1. The molecule has 3 amide bonds. The summed E-state index contributed by atoms with van der Waals surface area (Å²) >= 11 is 6.46. The summed E-state index contributed by atoms with van der Waals surface area (Å²) in [7, 11) is 0. The normalized spacial score (nSPS) is 12.3. The molecule has 2 aromatic carbocycles. The number of fused-ring (bicyclic) bond motifs is 1. The zero-order chi connectivity index (χ0) is 27.6. The van der Waals surface area contributed by atoms with Crippen LogP contribution in [-0.4, -0.2) is 43.7 Å². The van der Waals surface area contributed by atoms with Crippen LogP contribution in [0.5, 0.6) is 0 Å². The van der Waals surface area contributed by atoms with Gasteiger partial charge in [0.05, 0.1) is 23.6 Å². The summed E-state index contributed by atoms with van der Waals surface area (Å²) in [4.78, 5) is 37.7. The molecule has 4 rings (SSSR count). The maximum atomic E-state index is 13.4. The Morgan fingerprint density at radius 1 is 1.13 bits per heavy atom. The van der Waals surface area contributed by atoms with Crippen LogP contribution in [0.15, 0.2) is 46.9 Å². The van der Waals surface area contributed by atoms with Crippen molar-refractivity contribution < 1.29 is 23.2 Å². The van der Waals surface area contributed by atoms with E-state index in [0.717, 1.165) is 5.56 Å². The Bertz CT molecular complexity index is 1510. The van der Waals surface area contributed by atoms with Crippen LogP contribution in [0.4, 0.5) is 4.39 Å². The number of benzene rings is 2. The molecule has 0 fully saturated rings. The van der Waals surface area contributed by atoms with Crippen LogP contribution < -0.4 is 16.4 Å². The van der Waals surface area contributed by atoms with Gasteiger partial charge in [-0.1, -0.05) is 56.6 Å². The zero-order valence-corrected chi connectivity index (χ0v) is 21.5. The Balaban J connectivity index is 1.58. The fourth-order valence-electron chi connectivity index (χ4n) is 3.80. The number of hydrogen-bond donors (Lipinski definition) is 3. The SMILES string of the molecule is CC(C)(C)[C@H](NC(=O)c1nn(Cc2ccc(F)cc2)c2c(Cl)cccc12)C(=O)NCc1nnc(C(N)=O)o1. The maximum absolute atomic E-state index is 13.4. The molecule has 4 N–H and O–H groups in total. The molecule has 11 nitrogen and oxygen atoms in total. The Morgan fingerprint density at radius 3 is 2.47 bits per heavy atom. The largest absolute Gasteiger partial charge is 0.415 e. The van der Waals surface area contributed by atoms with Gasteiger partial charge in [0.1, 0.15) is 11.9 Å². The molecule has 0 unspecified atom stereocenters. The fourth-order valence-corrected chi connectivity index (χ4v) is 4.07. The number of amides is 3. The Labute approximate surface area is 221 Å². The van der Waals surface area contributed by atoms with E-state index in [1.165, 1.54) is 12.1 Å². The molecule has 0 saturated heterocycles. The lowest BCUT2D eigenvalue weighted by Crippen LogP contribution is -2.53. The molecule has 0 aliphatic carbocycles. The summed E-state index contributed by atoms with van der Waals surface area (Å²) in [5.41, 5.74) is 5.77. The Kier molecular flexibility index (Phi) is 7.44. The van der Waals surface area contributed by atoms with E-state index >= 15 is 0 Å². The van der Waals surface area contributed by atoms with Gasteiger partial charge < -0.3 is 20.8 Å². The van der Waals surface area contributed by atoms with E-state index in [0.29, 0.717) is 15.9 Å². The van der Waals surface area contributed by atoms with Gasteiger partial charge in [0.15, 0.2) is 5.69 Å². The third-order valence-electron chi connectivity index (χ3n) is 5.68. The highest BCUT2D eigenvalue weighted by Gasteiger charge is 2.34. The molecule has 38 heavy (non-hydrogen) atoms. The van der Waals surface area contributed by atoms with Crippen LogP contribution in [0, 0.1) is 11.2 Å². The van der Waals surface area contributed by atoms with Crippen molar-refractivity contribution in [3.63, 3.8) is 0 Å². The first kappa shape index (κ1) is 26.7. The van der Waals surface area contributed by atoms with Gasteiger partial charge in [0, 0.05) is 5.39 Å². The highest BCUT2D eigenvalue weighted by Crippen LogP contribution is 2.28. The van der Waals surface area contributed by atoms with E-state index < -0.39 is 29.2 Å². The number of aromatic nitrogens is 4. The zero-order valence-electron chi connectivity index (χ0n) is 20.8. The van der Waals surface area contributed by atoms with Crippen molar-refractivity contribution in [2.24, 2.45) is 11.1 Å². The van der Waals surface area contributed by atoms with Crippen molar-refractivity contribution in [1.82, 2.24) is 30.6 Å². The summed E-state index contributed by atoms with van der Waals surface area (Å²) in [6, 6.07) is 10.0. The number of hydrogen-bond acceptors (Lipinski definition) is 7. The summed E-state index contributed by atoms with van der Waals surface area (Å²) in [6.45, 7) is 5.44. The first-order valence-corrected chi connectivity index (χ1v) is 11.9. The molecule has 0 bridgehead atoms. The lowest BCUT2D eigenvalue weighted by molar-refractivity contribution is -0.125. The predicted octanol–water partition coefficient (Wildman–Crippen LogP) is 2.82. The smallest absolute Gasteiger partial charge is 0.306 e. The van der Waals surface area contributed by atoms with Crippen molar-refractivity contribution in [2.75, 3.05) is 0 Å². The molecule has 0 radical (unpaired) electrons. The van der Waals surface area contributed by atoms with Gasteiger partial charge in [-0.2, -0.15) is 5.10 Å². The molecular weight excluding hydrogens is 517 g/mol. The standard InChI is InChI=1S/C25H25ClFN7O4/c1-25(2,3)20(23(37)29-11-17-31-32-24(38-17)21(28)35)30-22(36)18-15-5-4-6-16(26)19(15)34(33-18)12-13-7-9-14(27)10-8-13/h4-10,20H,11-12H2,1-3H3,(H2,28,35)(H,29,37)(H,30,36)/t20-/m1/s1. The number of rotatable bonds is 8. The fraction of sp³-hybridized carbons (Fsp3) is 0.280. The van der Waals surface area contributed by atoms with Crippen LogP contribution in [0.3, 0.4) is 0 Å². The summed E-state index contributed by atoms with van der Waals surface area (Å²) in [6.07, 6.45) is 0. The second-order valence-electron chi connectivity index (χ2n) is 9.62. The van der Waals surface area contributed by atoms with E-state index in [1.807, 2.05) is 0 Å². The third kappa shape index (κ3) is 5.80. The lowest BCUT2D eigenvalue weighted by Gasteiger charge is -2.30. The van der Waals surface area contributed by atoms with Crippen LogP contribution in [0.1, 0.15) is 53.4 Å². The topological polar surface area (TPSA) is 158 Å². The van der Waals surface area contributed by atoms with Gasteiger partial charge >= 0.3 is 11.8 Å². The van der Waals surface area contributed by atoms with Crippen molar-refractivity contribution in [1.29, 1.82) is 0 Å². The highest BCUT2D eigenvalue weighted by molar-refractivity contribution is 6.35. The Hall–Kier alpha value is -4.32. The van der Waals surface area contributed by atoms with Crippen molar-refractivity contribution in [3.05, 3.63) is 76.3 Å². The van der Waals surface area contributed by atoms with E-state index in [-0.39, 0.29) is 36.4 Å². The van der Waals surface area contributed by atoms with E-state index in [4.69, 9.17) is 21.8 Å². The molecule has 2 aromatic heterocycles. The lowest BCUT2D eigenvalue weighted by atomic mass is 9.86. The van der Waals surface area contributed by atoms with Gasteiger partial charge in [-0.3, -0.25) is 19.1 Å². The third-order valence-corrected chi connectivity index (χ3v) is 5.98. The number of carbonyl (C=O) groups excluding carboxylic acids is 3. The summed E-state index contributed by atoms with van der Waals surface area (Å²) < 4.78 is 20.0. The molecule has 2 heterocycles. The van der Waals surface area contributed by atoms with Crippen molar-refractivity contribution in [2.45, 2.75) is 39.9 Å². The molecule has 1 atom stereocenters. The van der Waals surface area contributed by atoms with Crippen LogP contribution in [-0.2, 0) is 17.9 Å². The number of carbonyl (C=O) groups is 3. The molecule has 0 saturated carbocycles. The molecule has 13 heteroatoms. The van der Waals surface area contributed by atoms with Crippen molar-refractivity contribution in [3.8, 4) is 0 Å². The number of nitrogens with two attached hydrogens (primary N) is 1. The van der Waals surface area contributed by atoms with E-state index in [2.05, 4.69) is 25.9 Å². The molecule has 4 aromatic rings. The number of nitrogens with one attached hydrogen (secondary N) is 2. The quantitative estimate of drug-likeness (QED) is 0.309. The summed E-state index contributed by atoms with van der Waals surface area (Å²) in [5.74, 6) is -2.75. The second-order valence-corrected chi connectivity index (χ2v) is 10.0. The van der Waals surface area contributed by atoms with Crippen LogP contribution in [0.2, 0.25) is 5.02 Å². The molecule has 0 aliphatic rings. The van der Waals surface area contributed by atoms with Crippen molar-refractivity contribution >= 4 is 40.2 Å². The number of halogens is 2. The molecular formula is C25H25ClFN7O4. The minimum absolute atomic E-state index is 0.0219. The van der Waals surface area contributed by atoms with Crippen LogP contribution in [0.25, 0.3) is 10.9 Å². The highest BCUT2D eigenvalue weighted by atomic mass is 35.5. The maximum Gasteiger partial charge on any atom is 0.306 e. The minimum Gasteiger partial charge on any atom is -0.415 e. The van der Waals surface area contributed by atoms with Gasteiger partial charge in [0.2, 0.25) is 11.8 Å². The number of para-hydroxylation sites is 1. The first-order valence-electron chi connectivity index (χ1n) is 11.5. The first-order chi connectivity index (χ1) is 17.9. The average Bonchev–Trinajstić information content (AvgIpc) is 3.48. The van der Waals surface area contributed by atoms with Crippen LogP contribution >= 0.6 is 11.6 Å². The Morgan fingerprint density at radius 2 is 1.84 bits per heavy atom. The van der Waals surface area contributed by atoms with Gasteiger partial charge in [-0.15, -0.1) is 10.2 Å². The van der Waals surface area contributed by atoms with E-state index in [9.17, 15) is 18.8 Å². The average molecular weight is 542 g/mol. The van der Waals surface area contributed by atoms with E-state index in [1.54, 1.807) is 55.8 Å².